The molecule has 1 aromatic carbocycles. The summed E-state index contributed by atoms with van der Waals surface area (Å²) in [6, 6.07) is 4.86. The maximum atomic E-state index is 12.8. The summed E-state index contributed by atoms with van der Waals surface area (Å²) in [5.74, 6) is 0.742. The van der Waals surface area contributed by atoms with Gasteiger partial charge in [-0.2, -0.15) is 0 Å². The molecule has 3 rings (SSSR count). The van der Waals surface area contributed by atoms with Crippen LogP contribution < -0.4 is 5.73 Å². The Morgan fingerprint density at radius 3 is 2.74 bits per heavy atom. The highest BCUT2D eigenvalue weighted by molar-refractivity contribution is 5.96. The van der Waals surface area contributed by atoms with Crippen molar-refractivity contribution >= 4 is 24.0 Å². The predicted molar refractivity (Wildman–Crippen MR) is 89.8 cm³/mol. The molecule has 23 heavy (non-hydrogen) atoms. The normalized spacial score (nSPS) is 26.3. The van der Waals surface area contributed by atoms with Crippen molar-refractivity contribution in [1.82, 2.24) is 4.90 Å². The molecule has 1 aromatic rings. The van der Waals surface area contributed by atoms with Gasteiger partial charge in [-0.05, 0) is 37.7 Å². The van der Waals surface area contributed by atoms with Gasteiger partial charge < -0.3 is 10.6 Å². The van der Waals surface area contributed by atoms with Crippen LogP contribution in [0.25, 0.3) is 0 Å². The largest absolute Gasteiger partial charge is 0.338 e. The topological polar surface area (TPSA) is 89.5 Å². The highest BCUT2D eigenvalue weighted by Gasteiger charge is 2.40. The van der Waals surface area contributed by atoms with E-state index in [2.05, 4.69) is 0 Å². The van der Waals surface area contributed by atoms with E-state index in [9.17, 15) is 14.9 Å². The fourth-order valence-corrected chi connectivity index (χ4v) is 3.91. The molecule has 2 N–H and O–H groups in total. The van der Waals surface area contributed by atoms with Gasteiger partial charge >= 0.3 is 0 Å². The number of fused-ring (bicyclic) bond motifs is 1. The van der Waals surface area contributed by atoms with Crippen molar-refractivity contribution in [2.75, 3.05) is 13.1 Å². The first-order chi connectivity index (χ1) is 10.5. The molecular weight excluding hydrogens is 318 g/mol. The summed E-state index contributed by atoms with van der Waals surface area (Å²) >= 11 is 0. The molecule has 6 nitrogen and oxygen atoms in total. The number of nitro benzene ring substituents is 1. The second kappa shape index (κ2) is 6.84. The molecule has 0 aromatic heterocycles. The van der Waals surface area contributed by atoms with E-state index in [0.29, 0.717) is 29.5 Å². The van der Waals surface area contributed by atoms with Gasteiger partial charge in [0.05, 0.1) is 4.92 Å². The van der Waals surface area contributed by atoms with Crippen molar-refractivity contribution in [3.8, 4) is 0 Å². The lowest BCUT2D eigenvalue weighted by Gasteiger charge is -2.29. The maximum absolute atomic E-state index is 12.8. The Morgan fingerprint density at radius 1 is 1.35 bits per heavy atom. The number of nitro groups is 1. The molecule has 7 heteroatoms. The summed E-state index contributed by atoms with van der Waals surface area (Å²) in [4.78, 5) is 25.2. The zero-order valence-electron chi connectivity index (χ0n) is 13.1. The molecular formula is C16H22ClN3O3. The van der Waals surface area contributed by atoms with Crippen LogP contribution in [0.4, 0.5) is 5.69 Å². The first-order valence-electron chi connectivity index (χ1n) is 7.78. The molecule has 0 bridgehead atoms. The van der Waals surface area contributed by atoms with Gasteiger partial charge in [-0.25, -0.2) is 0 Å². The highest BCUT2D eigenvalue weighted by Crippen LogP contribution is 2.36. The number of hydrogen-bond donors (Lipinski definition) is 1. The van der Waals surface area contributed by atoms with Gasteiger partial charge in [0.15, 0.2) is 0 Å². The third-order valence-corrected chi connectivity index (χ3v) is 5.17. The van der Waals surface area contributed by atoms with Crippen LogP contribution in [0.5, 0.6) is 0 Å². The number of carbonyl (C=O) groups excluding carboxylic acids is 1. The quantitative estimate of drug-likeness (QED) is 0.662. The molecule has 3 atom stereocenters. The summed E-state index contributed by atoms with van der Waals surface area (Å²) < 4.78 is 0. The number of likely N-dealkylation sites (tertiary alicyclic amines) is 1. The third kappa shape index (κ3) is 3.19. The zero-order chi connectivity index (χ0) is 15.9. The van der Waals surface area contributed by atoms with Crippen molar-refractivity contribution in [3.63, 3.8) is 0 Å². The van der Waals surface area contributed by atoms with Gasteiger partial charge in [-0.15, -0.1) is 12.4 Å². The highest BCUT2D eigenvalue weighted by atomic mass is 35.5. The Balaban J connectivity index is 0.00000192. The van der Waals surface area contributed by atoms with Crippen LogP contribution in [0, 0.1) is 28.9 Å². The lowest BCUT2D eigenvalue weighted by Crippen LogP contribution is -2.38. The Bertz CT molecular complexity index is 623. The Morgan fingerprint density at radius 2 is 2.09 bits per heavy atom. The number of carbonyl (C=O) groups is 1. The van der Waals surface area contributed by atoms with Crippen LogP contribution in [0.1, 0.15) is 35.2 Å². The van der Waals surface area contributed by atoms with Gasteiger partial charge in [0.2, 0.25) is 0 Å². The van der Waals surface area contributed by atoms with E-state index in [4.69, 9.17) is 5.73 Å². The van der Waals surface area contributed by atoms with Crippen LogP contribution in [0.15, 0.2) is 18.2 Å². The first-order valence-corrected chi connectivity index (χ1v) is 7.78. The van der Waals surface area contributed by atoms with E-state index in [1.807, 2.05) is 4.90 Å². The molecule has 126 valence electrons. The van der Waals surface area contributed by atoms with Gasteiger partial charge in [-0.1, -0.05) is 12.5 Å². The first kappa shape index (κ1) is 17.7. The van der Waals surface area contributed by atoms with Gasteiger partial charge in [0.1, 0.15) is 0 Å². The van der Waals surface area contributed by atoms with E-state index in [1.165, 1.54) is 6.07 Å². The molecule has 2 fully saturated rings. The van der Waals surface area contributed by atoms with E-state index >= 15 is 0 Å². The number of benzene rings is 1. The fourth-order valence-electron chi connectivity index (χ4n) is 3.91. The third-order valence-electron chi connectivity index (χ3n) is 5.17. The van der Waals surface area contributed by atoms with Crippen LogP contribution >= 0.6 is 12.4 Å². The van der Waals surface area contributed by atoms with Gasteiger partial charge in [0.25, 0.3) is 11.6 Å². The van der Waals surface area contributed by atoms with Crippen molar-refractivity contribution in [3.05, 3.63) is 39.4 Å². The number of nitrogens with two attached hydrogens (primary N) is 1. The SMILES string of the molecule is Cc1c(C(=O)N2CC3CCCC(N)C3C2)cccc1[N+](=O)[O-].Cl. The number of halogens is 1. The minimum atomic E-state index is -0.439. The van der Waals surface area contributed by atoms with Gasteiger partial charge in [-0.3, -0.25) is 14.9 Å². The molecule has 2 aliphatic rings. The molecule has 0 spiro atoms. The second-order valence-corrected chi connectivity index (χ2v) is 6.44. The Kier molecular flexibility index (Phi) is 5.26. The molecule has 1 aliphatic heterocycles. The standard InChI is InChI=1S/C16H21N3O3.ClH/c1-10-12(5-3-7-15(10)19(21)22)16(20)18-8-11-4-2-6-14(17)13(11)9-18;/h3,5,7,11,13-14H,2,4,6,8-9,17H2,1H3;1H. The molecule has 1 aliphatic carbocycles. The monoisotopic (exact) mass is 339 g/mol. The summed E-state index contributed by atoms with van der Waals surface area (Å²) in [5, 5.41) is 11.0. The van der Waals surface area contributed by atoms with Crippen molar-refractivity contribution in [2.45, 2.75) is 32.2 Å². The Hall–Kier alpha value is -1.66. The summed E-state index contributed by atoms with van der Waals surface area (Å²) in [6.07, 6.45) is 3.27. The molecule has 3 unspecified atom stereocenters. The smallest absolute Gasteiger partial charge is 0.273 e. The minimum Gasteiger partial charge on any atom is -0.338 e. The van der Waals surface area contributed by atoms with Crippen LogP contribution in [0.3, 0.4) is 0 Å². The van der Waals surface area contributed by atoms with Crippen LogP contribution in [-0.4, -0.2) is 34.9 Å². The minimum absolute atomic E-state index is 0. The molecule has 1 amide bonds. The van der Waals surface area contributed by atoms with E-state index in [-0.39, 0.29) is 30.0 Å². The van der Waals surface area contributed by atoms with Gasteiger partial charge in [0, 0.05) is 36.3 Å². The number of hydrogen-bond acceptors (Lipinski definition) is 4. The van der Waals surface area contributed by atoms with Crippen LogP contribution in [0.2, 0.25) is 0 Å². The van der Waals surface area contributed by atoms with Crippen LogP contribution in [-0.2, 0) is 0 Å². The molecule has 1 saturated heterocycles. The van der Waals surface area contributed by atoms with E-state index in [1.54, 1.807) is 19.1 Å². The predicted octanol–water partition coefficient (Wildman–Crippen LogP) is 2.52. The summed E-state index contributed by atoms with van der Waals surface area (Å²) in [6.45, 7) is 3.03. The fraction of sp³-hybridized carbons (Fsp3) is 0.562. The molecule has 1 saturated carbocycles. The summed E-state index contributed by atoms with van der Waals surface area (Å²) in [7, 11) is 0. The number of amides is 1. The Labute approximate surface area is 141 Å². The summed E-state index contributed by atoms with van der Waals surface area (Å²) in [5.41, 5.74) is 7.06. The number of nitrogens with zero attached hydrogens (tertiary/aromatic N) is 2. The van der Waals surface area contributed by atoms with Crippen molar-refractivity contribution in [1.29, 1.82) is 0 Å². The average Bonchev–Trinajstić information content (AvgIpc) is 2.92. The molecule has 1 heterocycles. The van der Waals surface area contributed by atoms with E-state index in [0.717, 1.165) is 25.8 Å². The number of rotatable bonds is 2. The second-order valence-electron chi connectivity index (χ2n) is 6.44. The maximum Gasteiger partial charge on any atom is 0.273 e. The average molecular weight is 340 g/mol. The lowest BCUT2D eigenvalue weighted by molar-refractivity contribution is -0.385. The lowest BCUT2D eigenvalue weighted by atomic mass is 9.78. The van der Waals surface area contributed by atoms with E-state index < -0.39 is 4.92 Å². The molecule has 0 radical (unpaired) electrons. The van der Waals surface area contributed by atoms with Crippen molar-refractivity contribution in [2.24, 2.45) is 17.6 Å². The zero-order valence-corrected chi connectivity index (χ0v) is 13.9. The van der Waals surface area contributed by atoms with Crippen molar-refractivity contribution < 1.29 is 9.72 Å².